The molecule has 3 aromatic rings. The Kier molecular flexibility index (Phi) is 6.05. The smallest absolute Gasteiger partial charge is 0.265 e. The summed E-state index contributed by atoms with van der Waals surface area (Å²) in [5.41, 5.74) is 1.41. The molecule has 2 aromatic carbocycles. The normalized spacial score (nSPS) is 10.4. The van der Waals surface area contributed by atoms with Crippen molar-refractivity contribution in [2.75, 3.05) is 11.5 Å². The Morgan fingerprint density at radius 3 is 2.33 bits per heavy atom. The maximum atomic E-state index is 12.8. The first-order chi connectivity index (χ1) is 13.2. The number of para-hydroxylation sites is 1. The number of Topliss-reactive ketones (excluding diaryl/α,β-unsaturated/α-hetero) is 1. The van der Waals surface area contributed by atoms with Gasteiger partial charge in [-0.25, -0.2) is 0 Å². The fourth-order valence-corrected chi connectivity index (χ4v) is 2.65. The molecule has 0 unspecified atom stereocenters. The summed E-state index contributed by atoms with van der Waals surface area (Å²) in [5, 5.41) is 0. The molecule has 0 N–H and O–H groups in total. The summed E-state index contributed by atoms with van der Waals surface area (Å²) >= 11 is 0. The van der Waals surface area contributed by atoms with E-state index >= 15 is 0 Å². The molecule has 0 aliphatic heterocycles. The van der Waals surface area contributed by atoms with Crippen LogP contribution in [0, 0.1) is 0 Å². The molecule has 0 saturated carbocycles. The number of ether oxygens (including phenoxy) is 1. The third-order valence-corrected chi connectivity index (χ3v) is 4.12. The second-order valence-corrected chi connectivity index (χ2v) is 5.98. The van der Waals surface area contributed by atoms with Crippen LogP contribution in [0.15, 0.2) is 77.4 Å². The molecule has 138 valence electrons. The highest BCUT2D eigenvalue weighted by Gasteiger charge is 2.18. The van der Waals surface area contributed by atoms with Gasteiger partial charge < -0.3 is 14.1 Å². The number of hydrogen-bond acceptors (Lipinski definition) is 4. The van der Waals surface area contributed by atoms with Crippen molar-refractivity contribution in [2.45, 2.75) is 19.9 Å². The fraction of sp³-hybridized carbons (Fsp3) is 0.182. The van der Waals surface area contributed by atoms with E-state index in [1.807, 2.05) is 43.3 Å². The van der Waals surface area contributed by atoms with E-state index < -0.39 is 0 Å². The molecular weight excluding hydrogens is 342 g/mol. The topological polar surface area (TPSA) is 59.8 Å². The van der Waals surface area contributed by atoms with Crippen LogP contribution < -0.4 is 9.64 Å². The summed E-state index contributed by atoms with van der Waals surface area (Å²) in [6.45, 7) is 2.03. The Labute approximate surface area is 158 Å². The van der Waals surface area contributed by atoms with Gasteiger partial charge in [-0.1, -0.05) is 25.1 Å². The lowest BCUT2D eigenvalue weighted by molar-refractivity contribution is -0.120. The Bertz CT molecular complexity index is 870. The largest absolute Gasteiger partial charge is 0.484 e. The molecule has 0 saturated heterocycles. The van der Waals surface area contributed by atoms with Crippen LogP contribution in [0.2, 0.25) is 0 Å². The fourth-order valence-electron chi connectivity index (χ4n) is 2.65. The van der Waals surface area contributed by atoms with E-state index in [0.717, 1.165) is 5.69 Å². The van der Waals surface area contributed by atoms with Gasteiger partial charge in [0, 0.05) is 17.7 Å². The number of ketones is 1. The predicted molar refractivity (Wildman–Crippen MR) is 103 cm³/mol. The maximum absolute atomic E-state index is 12.8. The van der Waals surface area contributed by atoms with E-state index in [0.29, 0.717) is 30.0 Å². The molecule has 0 radical (unpaired) electrons. The van der Waals surface area contributed by atoms with E-state index in [-0.39, 0.29) is 18.3 Å². The minimum absolute atomic E-state index is 0.0753. The van der Waals surface area contributed by atoms with Crippen molar-refractivity contribution < 1.29 is 18.7 Å². The van der Waals surface area contributed by atoms with Crippen molar-refractivity contribution in [1.82, 2.24) is 0 Å². The average Bonchev–Trinajstić information content (AvgIpc) is 3.24. The number of nitrogens with zero attached hydrogens (tertiary/aromatic N) is 1. The standard InChI is InChI=1S/C22H21NO4/c1-2-21(24)17-10-12-19(13-11-17)27-16-22(25)23(15-20-9-6-14-26-20)18-7-4-3-5-8-18/h3-14H,2,15-16H2,1H3. The summed E-state index contributed by atoms with van der Waals surface area (Å²) < 4.78 is 11.0. The van der Waals surface area contributed by atoms with Gasteiger partial charge in [0.2, 0.25) is 0 Å². The van der Waals surface area contributed by atoms with Crippen molar-refractivity contribution in [3.63, 3.8) is 0 Å². The van der Waals surface area contributed by atoms with Crippen LogP contribution in [0.5, 0.6) is 5.75 Å². The summed E-state index contributed by atoms with van der Waals surface area (Å²) in [6.07, 6.45) is 2.04. The molecule has 0 bridgehead atoms. The number of furan rings is 1. The lowest BCUT2D eigenvalue weighted by Crippen LogP contribution is -2.34. The second kappa shape index (κ2) is 8.85. The van der Waals surface area contributed by atoms with Crippen LogP contribution in [0.4, 0.5) is 5.69 Å². The first-order valence-electron chi connectivity index (χ1n) is 8.81. The van der Waals surface area contributed by atoms with Gasteiger partial charge in [-0.15, -0.1) is 0 Å². The zero-order valence-corrected chi connectivity index (χ0v) is 15.1. The van der Waals surface area contributed by atoms with Crippen LogP contribution >= 0.6 is 0 Å². The van der Waals surface area contributed by atoms with Crippen LogP contribution in [0.25, 0.3) is 0 Å². The van der Waals surface area contributed by atoms with Gasteiger partial charge in [0.05, 0.1) is 12.8 Å². The quantitative estimate of drug-likeness (QED) is 0.554. The van der Waals surface area contributed by atoms with E-state index in [2.05, 4.69) is 0 Å². The third kappa shape index (κ3) is 4.85. The van der Waals surface area contributed by atoms with E-state index in [9.17, 15) is 9.59 Å². The Hall–Kier alpha value is -3.34. The molecule has 1 heterocycles. The average molecular weight is 363 g/mol. The van der Waals surface area contributed by atoms with Crippen LogP contribution in [-0.4, -0.2) is 18.3 Å². The second-order valence-electron chi connectivity index (χ2n) is 5.98. The lowest BCUT2D eigenvalue weighted by atomic mass is 10.1. The van der Waals surface area contributed by atoms with Gasteiger partial charge >= 0.3 is 0 Å². The number of carbonyl (C=O) groups excluding carboxylic acids is 2. The number of amides is 1. The number of anilines is 1. The molecular formula is C22H21NO4. The highest BCUT2D eigenvalue weighted by Crippen LogP contribution is 2.19. The van der Waals surface area contributed by atoms with Gasteiger partial charge in [-0.2, -0.15) is 0 Å². The monoisotopic (exact) mass is 363 g/mol. The molecule has 3 rings (SSSR count). The molecule has 5 nitrogen and oxygen atoms in total. The maximum Gasteiger partial charge on any atom is 0.265 e. The Morgan fingerprint density at radius 2 is 1.70 bits per heavy atom. The molecule has 27 heavy (non-hydrogen) atoms. The number of carbonyl (C=O) groups is 2. The summed E-state index contributed by atoms with van der Waals surface area (Å²) in [5.74, 6) is 1.12. The third-order valence-electron chi connectivity index (χ3n) is 4.12. The van der Waals surface area contributed by atoms with Gasteiger partial charge in [0.1, 0.15) is 11.5 Å². The van der Waals surface area contributed by atoms with E-state index in [1.165, 1.54) is 0 Å². The first kappa shape index (κ1) is 18.5. The number of benzene rings is 2. The Morgan fingerprint density at radius 1 is 0.963 bits per heavy atom. The van der Waals surface area contributed by atoms with E-state index in [1.54, 1.807) is 41.5 Å². The summed E-state index contributed by atoms with van der Waals surface area (Å²) in [7, 11) is 0. The number of rotatable bonds is 8. The lowest BCUT2D eigenvalue weighted by Gasteiger charge is -2.22. The van der Waals surface area contributed by atoms with Gasteiger partial charge in [-0.3, -0.25) is 9.59 Å². The predicted octanol–water partition coefficient (Wildman–Crippen LogP) is 4.48. The minimum Gasteiger partial charge on any atom is -0.484 e. The molecule has 5 heteroatoms. The zero-order valence-electron chi connectivity index (χ0n) is 15.1. The van der Waals surface area contributed by atoms with Crippen LogP contribution in [0.3, 0.4) is 0 Å². The number of hydrogen-bond donors (Lipinski definition) is 0. The van der Waals surface area contributed by atoms with Crippen molar-refractivity contribution in [2.24, 2.45) is 0 Å². The molecule has 0 aliphatic rings. The van der Waals surface area contributed by atoms with Crippen molar-refractivity contribution >= 4 is 17.4 Å². The van der Waals surface area contributed by atoms with Gasteiger partial charge in [-0.05, 0) is 48.5 Å². The molecule has 0 aliphatic carbocycles. The van der Waals surface area contributed by atoms with E-state index in [4.69, 9.17) is 9.15 Å². The zero-order chi connectivity index (χ0) is 19.1. The highest BCUT2D eigenvalue weighted by molar-refractivity contribution is 5.96. The SMILES string of the molecule is CCC(=O)c1ccc(OCC(=O)N(Cc2ccco2)c2ccccc2)cc1. The minimum atomic E-state index is -0.189. The van der Waals surface area contributed by atoms with Crippen molar-refractivity contribution in [1.29, 1.82) is 0 Å². The molecule has 0 spiro atoms. The highest BCUT2D eigenvalue weighted by atomic mass is 16.5. The van der Waals surface area contributed by atoms with Gasteiger partial charge in [0.15, 0.2) is 12.4 Å². The summed E-state index contributed by atoms with van der Waals surface area (Å²) in [4.78, 5) is 26.1. The summed E-state index contributed by atoms with van der Waals surface area (Å²) in [6, 6.07) is 19.8. The molecule has 1 amide bonds. The molecule has 0 atom stereocenters. The van der Waals surface area contributed by atoms with Gasteiger partial charge in [0.25, 0.3) is 5.91 Å². The van der Waals surface area contributed by atoms with Crippen molar-refractivity contribution in [3.05, 3.63) is 84.3 Å². The molecule has 1 aromatic heterocycles. The van der Waals surface area contributed by atoms with Crippen LogP contribution in [-0.2, 0) is 11.3 Å². The first-order valence-corrected chi connectivity index (χ1v) is 8.81. The Balaban J connectivity index is 1.68. The van der Waals surface area contributed by atoms with Crippen LogP contribution in [0.1, 0.15) is 29.5 Å². The molecule has 0 fully saturated rings. The van der Waals surface area contributed by atoms with Crippen molar-refractivity contribution in [3.8, 4) is 5.75 Å².